The van der Waals surface area contributed by atoms with Gasteiger partial charge in [0.15, 0.2) is 0 Å². The van der Waals surface area contributed by atoms with Crippen LogP contribution in [-0.4, -0.2) is 34.7 Å². The molecule has 1 fully saturated rings. The van der Waals surface area contributed by atoms with Gasteiger partial charge in [-0.25, -0.2) is 4.98 Å². The van der Waals surface area contributed by atoms with Crippen molar-refractivity contribution in [3.05, 3.63) is 39.2 Å². The average molecular weight is 402 g/mol. The van der Waals surface area contributed by atoms with Gasteiger partial charge in [0, 0.05) is 22.0 Å². The summed E-state index contributed by atoms with van der Waals surface area (Å²) in [7, 11) is 0. The summed E-state index contributed by atoms with van der Waals surface area (Å²) < 4.78 is 0. The first-order valence-electron chi connectivity index (χ1n) is 7.89. The normalized spacial score (nSPS) is 20.8. The van der Waals surface area contributed by atoms with Crippen LogP contribution in [0.5, 0.6) is 0 Å². The van der Waals surface area contributed by atoms with Crippen molar-refractivity contribution in [1.82, 2.24) is 15.6 Å². The Balaban J connectivity index is 0.00000225. The molecular formula is C17H21Cl2N3O2S. The molecule has 1 saturated heterocycles. The van der Waals surface area contributed by atoms with Gasteiger partial charge < -0.3 is 15.7 Å². The Labute approximate surface area is 162 Å². The van der Waals surface area contributed by atoms with E-state index < -0.39 is 6.10 Å². The predicted octanol–water partition coefficient (Wildman–Crippen LogP) is 3.09. The summed E-state index contributed by atoms with van der Waals surface area (Å²) in [5.41, 5.74) is 1.93. The van der Waals surface area contributed by atoms with Gasteiger partial charge in [0.2, 0.25) is 5.91 Å². The molecule has 0 aliphatic carbocycles. The summed E-state index contributed by atoms with van der Waals surface area (Å²) >= 11 is 7.51. The minimum absolute atomic E-state index is 0. The number of nitrogens with one attached hydrogen (secondary N) is 2. The number of thiazole rings is 1. The molecule has 3 rings (SSSR count). The summed E-state index contributed by atoms with van der Waals surface area (Å²) in [6.45, 7) is 4.41. The van der Waals surface area contributed by atoms with Crippen molar-refractivity contribution in [2.75, 3.05) is 6.54 Å². The van der Waals surface area contributed by atoms with Gasteiger partial charge in [-0.05, 0) is 32.4 Å². The number of aromatic nitrogens is 1. The zero-order chi connectivity index (χ0) is 17.3. The number of aliphatic hydroxyl groups is 1. The van der Waals surface area contributed by atoms with Crippen molar-refractivity contribution >= 4 is 41.3 Å². The van der Waals surface area contributed by atoms with Gasteiger partial charge in [0.1, 0.15) is 5.01 Å². The quantitative estimate of drug-likeness (QED) is 0.735. The van der Waals surface area contributed by atoms with Gasteiger partial charge in [-0.1, -0.05) is 23.7 Å². The number of carbonyl (C=O) groups is 1. The van der Waals surface area contributed by atoms with Crippen LogP contribution < -0.4 is 10.6 Å². The van der Waals surface area contributed by atoms with Crippen molar-refractivity contribution in [2.45, 2.75) is 38.5 Å². The van der Waals surface area contributed by atoms with E-state index in [0.29, 0.717) is 18.0 Å². The van der Waals surface area contributed by atoms with Crippen molar-refractivity contribution in [2.24, 2.45) is 0 Å². The Morgan fingerprint density at radius 2 is 2.12 bits per heavy atom. The maximum absolute atomic E-state index is 12.3. The smallest absolute Gasteiger partial charge is 0.237 e. The molecule has 0 saturated carbocycles. The number of benzene rings is 1. The lowest BCUT2D eigenvalue weighted by molar-refractivity contribution is -0.123. The fourth-order valence-electron chi connectivity index (χ4n) is 2.77. The first kappa shape index (κ1) is 20.1. The second-order valence-electron chi connectivity index (χ2n) is 6.04. The first-order valence-corrected chi connectivity index (χ1v) is 9.08. The molecule has 136 valence electrons. The van der Waals surface area contributed by atoms with Gasteiger partial charge in [-0.2, -0.15) is 0 Å². The van der Waals surface area contributed by atoms with Gasteiger partial charge in [-0.3, -0.25) is 4.79 Å². The van der Waals surface area contributed by atoms with Crippen LogP contribution in [0.4, 0.5) is 0 Å². The standard InChI is InChI=1S/C17H20ClN3O2S.ClH/c1-9(20-16(23)14-7-13(22)8-19-14)17-21-15(10(2)24-17)11-3-5-12(18)6-4-11;/h3-6,9,13-14,19,22H,7-8H2,1-2H3,(H,20,23);1H. The minimum Gasteiger partial charge on any atom is -0.392 e. The van der Waals surface area contributed by atoms with Crippen LogP contribution in [0.2, 0.25) is 5.02 Å². The summed E-state index contributed by atoms with van der Waals surface area (Å²) in [5.74, 6) is -0.0973. The molecule has 3 unspecified atom stereocenters. The van der Waals surface area contributed by atoms with Gasteiger partial charge >= 0.3 is 0 Å². The molecule has 3 N–H and O–H groups in total. The van der Waals surface area contributed by atoms with Crippen molar-refractivity contribution < 1.29 is 9.90 Å². The molecule has 2 aromatic rings. The van der Waals surface area contributed by atoms with Crippen molar-refractivity contribution in [1.29, 1.82) is 0 Å². The SMILES string of the molecule is Cc1sc(C(C)NC(=O)C2CC(O)CN2)nc1-c1ccc(Cl)cc1.Cl. The molecule has 1 aliphatic rings. The van der Waals surface area contributed by atoms with E-state index in [0.717, 1.165) is 21.1 Å². The summed E-state index contributed by atoms with van der Waals surface area (Å²) in [6.07, 6.45) is 0.000497. The van der Waals surface area contributed by atoms with Gasteiger partial charge in [0.25, 0.3) is 0 Å². The van der Waals surface area contributed by atoms with E-state index in [1.54, 1.807) is 11.3 Å². The second-order valence-corrected chi connectivity index (χ2v) is 7.72. The van der Waals surface area contributed by atoms with Crippen molar-refractivity contribution in [3.63, 3.8) is 0 Å². The highest BCUT2D eigenvalue weighted by atomic mass is 35.5. The number of hydrogen-bond acceptors (Lipinski definition) is 5. The average Bonchev–Trinajstić information content (AvgIpc) is 3.14. The molecule has 8 heteroatoms. The number of rotatable bonds is 4. The predicted molar refractivity (Wildman–Crippen MR) is 104 cm³/mol. The lowest BCUT2D eigenvalue weighted by atomic mass is 10.1. The highest BCUT2D eigenvalue weighted by molar-refractivity contribution is 7.12. The van der Waals surface area contributed by atoms with Crippen LogP contribution in [0.3, 0.4) is 0 Å². The molecule has 0 spiro atoms. The van der Waals surface area contributed by atoms with E-state index in [1.165, 1.54) is 0 Å². The Morgan fingerprint density at radius 3 is 2.72 bits per heavy atom. The molecule has 5 nitrogen and oxygen atoms in total. The highest BCUT2D eigenvalue weighted by Crippen LogP contribution is 2.31. The molecule has 25 heavy (non-hydrogen) atoms. The van der Waals surface area contributed by atoms with Crippen LogP contribution in [0.15, 0.2) is 24.3 Å². The zero-order valence-electron chi connectivity index (χ0n) is 14.0. The number of amides is 1. The second kappa shape index (κ2) is 8.47. The molecule has 0 radical (unpaired) electrons. The monoisotopic (exact) mass is 401 g/mol. The number of halogens is 2. The van der Waals surface area contributed by atoms with E-state index in [1.807, 2.05) is 38.1 Å². The molecular weight excluding hydrogens is 381 g/mol. The first-order chi connectivity index (χ1) is 11.4. The zero-order valence-corrected chi connectivity index (χ0v) is 16.3. The van der Waals surface area contributed by atoms with E-state index >= 15 is 0 Å². The van der Waals surface area contributed by atoms with Gasteiger partial charge in [-0.15, -0.1) is 23.7 Å². The highest BCUT2D eigenvalue weighted by Gasteiger charge is 2.29. The van der Waals surface area contributed by atoms with E-state index in [2.05, 4.69) is 10.6 Å². The van der Waals surface area contributed by atoms with Crippen LogP contribution in [0, 0.1) is 6.92 Å². The molecule has 1 aliphatic heterocycles. The van der Waals surface area contributed by atoms with E-state index in [-0.39, 0.29) is 30.4 Å². The Bertz CT molecular complexity index is 736. The molecule has 2 heterocycles. The molecule has 1 amide bonds. The third-order valence-electron chi connectivity index (χ3n) is 4.08. The third-order valence-corrected chi connectivity index (χ3v) is 5.49. The fraction of sp³-hybridized carbons (Fsp3) is 0.412. The molecule has 3 atom stereocenters. The van der Waals surface area contributed by atoms with Crippen LogP contribution in [0.25, 0.3) is 11.3 Å². The largest absolute Gasteiger partial charge is 0.392 e. The Kier molecular flexibility index (Phi) is 6.82. The number of carbonyl (C=O) groups excluding carboxylic acids is 1. The van der Waals surface area contributed by atoms with E-state index in [9.17, 15) is 9.90 Å². The third kappa shape index (κ3) is 4.71. The Morgan fingerprint density at radius 1 is 1.44 bits per heavy atom. The number of β-amino-alcohol motifs (C(OH)–C–C–N with tert-alkyl or cyclic N) is 1. The number of aliphatic hydroxyl groups excluding tert-OH is 1. The number of nitrogens with zero attached hydrogens (tertiary/aromatic N) is 1. The van der Waals surface area contributed by atoms with Crippen LogP contribution in [-0.2, 0) is 4.79 Å². The van der Waals surface area contributed by atoms with E-state index in [4.69, 9.17) is 16.6 Å². The van der Waals surface area contributed by atoms with Crippen molar-refractivity contribution in [3.8, 4) is 11.3 Å². The lowest BCUT2D eigenvalue weighted by Gasteiger charge is -2.15. The molecule has 0 bridgehead atoms. The molecule has 1 aromatic heterocycles. The lowest BCUT2D eigenvalue weighted by Crippen LogP contribution is -2.41. The molecule has 1 aromatic carbocycles. The number of aryl methyl sites for hydroxylation is 1. The van der Waals surface area contributed by atoms with Gasteiger partial charge in [0.05, 0.1) is 23.9 Å². The maximum Gasteiger partial charge on any atom is 0.237 e. The van der Waals surface area contributed by atoms with Crippen LogP contribution >= 0.6 is 35.3 Å². The fourth-order valence-corrected chi connectivity index (χ4v) is 3.84. The Hall–Kier alpha value is -1.18. The summed E-state index contributed by atoms with van der Waals surface area (Å²) in [6, 6.07) is 7.07. The topological polar surface area (TPSA) is 74.2 Å². The summed E-state index contributed by atoms with van der Waals surface area (Å²) in [5, 5.41) is 17.1. The number of hydrogen-bond donors (Lipinski definition) is 3. The minimum atomic E-state index is -0.449. The maximum atomic E-state index is 12.3. The van der Waals surface area contributed by atoms with Crippen LogP contribution in [0.1, 0.15) is 29.3 Å². The summed E-state index contributed by atoms with van der Waals surface area (Å²) in [4.78, 5) is 18.0.